The third-order valence-electron chi connectivity index (χ3n) is 2.11. The molecule has 0 spiro atoms. The molecule has 0 amide bonds. The molecule has 0 bridgehead atoms. The Bertz CT molecular complexity index is 543. The normalized spacial score (nSPS) is 11.7. The van der Waals surface area contributed by atoms with Crippen LogP contribution in [0.5, 0.6) is 0 Å². The number of halogens is 1. The average molecular weight is 334 g/mol. The van der Waals surface area contributed by atoms with E-state index in [1.165, 1.54) is 26.4 Å². The van der Waals surface area contributed by atoms with Gasteiger partial charge in [0, 0.05) is 30.1 Å². The molecule has 0 aliphatic rings. The first-order valence-corrected chi connectivity index (χ1v) is 7.09. The van der Waals surface area contributed by atoms with Gasteiger partial charge in [0.25, 0.3) is 0 Å². The summed E-state index contributed by atoms with van der Waals surface area (Å²) in [6.45, 7) is 0. The van der Waals surface area contributed by atoms with Gasteiger partial charge in [0.05, 0.1) is 4.90 Å². The van der Waals surface area contributed by atoms with Crippen LogP contribution in [0.4, 0.5) is 0 Å². The Morgan fingerprint density at radius 3 is 2.22 bits per heavy atom. The summed E-state index contributed by atoms with van der Waals surface area (Å²) in [5, 5.41) is 0. The number of hydrogen-bond donors (Lipinski definition) is 1. The molecule has 7 heteroatoms. The summed E-state index contributed by atoms with van der Waals surface area (Å²) in [6, 6.07) is 7.87. The van der Waals surface area contributed by atoms with Crippen LogP contribution in [0.15, 0.2) is 35.2 Å². The summed E-state index contributed by atoms with van der Waals surface area (Å²) in [4.78, 5) is 2.47. The van der Waals surface area contributed by atoms with E-state index in [4.69, 9.17) is 9.47 Å². The minimum atomic E-state index is -3.79. The Hall–Kier alpha value is -0.910. The molecule has 5 nitrogen and oxygen atoms in total. The number of benzene rings is 1. The SMILES string of the molecule is COC(C#CBr)(NS(=O)(=O)c1ccccc1)OC. The minimum Gasteiger partial charge on any atom is -0.330 e. The maximum absolute atomic E-state index is 12.1. The summed E-state index contributed by atoms with van der Waals surface area (Å²) in [6.07, 6.45) is 0. The molecule has 0 radical (unpaired) electrons. The number of methoxy groups -OCH3 is 2. The molecule has 98 valence electrons. The molecule has 0 saturated heterocycles. The van der Waals surface area contributed by atoms with E-state index in [-0.39, 0.29) is 4.90 Å². The first-order chi connectivity index (χ1) is 8.49. The smallest absolute Gasteiger partial charge is 0.309 e. The van der Waals surface area contributed by atoms with Crippen LogP contribution in [-0.2, 0) is 19.5 Å². The number of sulfonamides is 1. The van der Waals surface area contributed by atoms with Crippen molar-refractivity contribution in [1.82, 2.24) is 4.72 Å². The first-order valence-electron chi connectivity index (χ1n) is 4.82. The number of hydrogen-bond acceptors (Lipinski definition) is 4. The lowest BCUT2D eigenvalue weighted by Crippen LogP contribution is -2.50. The molecule has 0 heterocycles. The number of ether oxygens (including phenoxy) is 2. The molecule has 0 atom stereocenters. The van der Waals surface area contributed by atoms with Gasteiger partial charge in [0.15, 0.2) is 0 Å². The summed E-state index contributed by atoms with van der Waals surface area (Å²) in [5.41, 5.74) is 0. The van der Waals surface area contributed by atoms with Crippen molar-refractivity contribution in [2.45, 2.75) is 10.8 Å². The van der Waals surface area contributed by atoms with Crippen molar-refractivity contribution in [2.24, 2.45) is 0 Å². The lowest BCUT2D eigenvalue weighted by molar-refractivity contribution is -0.169. The van der Waals surface area contributed by atoms with Gasteiger partial charge in [0.1, 0.15) is 0 Å². The summed E-state index contributed by atoms with van der Waals surface area (Å²) in [7, 11) is -1.22. The summed E-state index contributed by atoms with van der Waals surface area (Å²) >= 11 is 2.87. The Balaban J connectivity index is 3.11. The quantitative estimate of drug-likeness (QED) is 0.651. The van der Waals surface area contributed by atoms with Gasteiger partial charge in [-0.25, -0.2) is 8.42 Å². The van der Waals surface area contributed by atoms with E-state index in [2.05, 4.69) is 31.4 Å². The van der Waals surface area contributed by atoms with Gasteiger partial charge >= 0.3 is 5.91 Å². The molecule has 0 aliphatic heterocycles. The summed E-state index contributed by atoms with van der Waals surface area (Å²) in [5.74, 6) is 0.729. The molecule has 1 rings (SSSR count). The highest BCUT2D eigenvalue weighted by Crippen LogP contribution is 2.14. The van der Waals surface area contributed by atoms with Crippen LogP contribution in [0.25, 0.3) is 0 Å². The average Bonchev–Trinajstić information content (AvgIpc) is 2.39. The van der Waals surface area contributed by atoms with Crippen LogP contribution in [0.3, 0.4) is 0 Å². The van der Waals surface area contributed by atoms with E-state index < -0.39 is 15.9 Å². The topological polar surface area (TPSA) is 64.6 Å². The van der Waals surface area contributed by atoms with Gasteiger partial charge < -0.3 is 9.47 Å². The Morgan fingerprint density at radius 2 is 1.78 bits per heavy atom. The predicted octanol–water partition coefficient (Wildman–Crippen LogP) is 1.27. The van der Waals surface area contributed by atoms with Crippen molar-refractivity contribution in [2.75, 3.05) is 14.2 Å². The molecule has 0 aromatic heterocycles. The van der Waals surface area contributed by atoms with E-state index in [9.17, 15) is 8.42 Å². The van der Waals surface area contributed by atoms with Crippen LogP contribution in [0.1, 0.15) is 0 Å². The van der Waals surface area contributed by atoms with Crippen LogP contribution in [0, 0.1) is 10.8 Å². The highest BCUT2D eigenvalue weighted by molar-refractivity contribution is 9.12. The lowest BCUT2D eigenvalue weighted by atomic mass is 10.4. The van der Waals surface area contributed by atoms with E-state index >= 15 is 0 Å². The second kappa shape index (κ2) is 6.31. The van der Waals surface area contributed by atoms with Crippen molar-refractivity contribution < 1.29 is 17.9 Å². The largest absolute Gasteiger partial charge is 0.330 e. The maximum atomic E-state index is 12.1. The highest BCUT2D eigenvalue weighted by atomic mass is 79.9. The molecular weight excluding hydrogens is 322 g/mol. The molecule has 1 N–H and O–H groups in total. The van der Waals surface area contributed by atoms with Crippen LogP contribution >= 0.6 is 15.9 Å². The zero-order valence-electron chi connectivity index (χ0n) is 9.81. The van der Waals surface area contributed by atoms with Gasteiger partial charge in [-0.3, -0.25) is 0 Å². The van der Waals surface area contributed by atoms with Gasteiger partial charge in [-0.05, 0) is 22.9 Å². The van der Waals surface area contributed by atoms with Crippen molar-refractivity contribution in [3.8, 4) is 10.8 Å². The first kappa shape index (κ1) is 15.1. The molecule has 0 fully saturated rings. The highest BCUT2D eigenvalue weighted by Gasteiger charge is 2.34. The fourth-order valence-electron chi connectivity index (χ4n) is 1.19. The van der Waals surface area contributed by atoms with Gasteiger partial charge in [0.2, 0.25) is 10.0 Å². The molecule has 0 unspecified atom stereocenters. The molecule has 18 heavy (non-hydrogen) atoms. The molecule has 1 aromatic rings. The second-order valence-corrected chi connectivity index (χ2v) is 5.24. The standard InChI is InChI=1S/C11H12BrNO4S/c1-16-11(17-2,8-9-12)13-18(14,15)10-6-4-3-5-7-10/h3-7,13H,1-2H3. The maximum Gasteiger partial charge on any atom is 0.309 e. The van der Waals surface area contributed by atoms with Crippen molar-refractivity contribution in [1.29, 1.82) is 0 Å². The lowest BCUT2D eigenvalue weighted by Gasteiger charge is -2.25. The molecule has 0 aliphatic carbocycles. The van der Waals surface area contributed by atoms with Crippen LogP contribution < -0.4 is 4.72 Å². The molecular formula is C11H12BrNO4S. The van der Waals surface area contributed by atoms with Crippen molar-refractivity contribution >= 4 is 26.0 Å². The van der Waals surface area contributed by atoms with Gasteiger partial charge in [-0.1, -0.05) is 18.2 Å². The van der Waals surface area contributed by atoms with E-state index in [0.29, 0.717) is 0 Å². The minimum absolute atomic E-state index is 0.0971. The van der Waals surface area contributed by atoms with E-state index in [1.807, 2.05) is 0 Å². The van der Waals surface area contributed by atoms with Crippen molar-refractivity contribution in [3.05, 3.63) is 30.3 Å². The van der Waals surface area contributed by atoms with E-state index in [0.717, 1.165) is 0 Å². The zero-order valence-corrected chi connectivity index (χ0v) is 12.2. The van der Waals surface area contributed by atoms with Crippen molar-refractivity contribution in [3.63, 3.8) is 0 Å². The van der Waals surface area contributed by atoms with Gasteiger partial charge in [-0.15, -0.1) is 4.72 Å². The Kier molecular flexibility index (Phi) is 5.31. The van der Waals surface area contributed by atoms with Crippen LogP contribution in [-0.4, -0.2) is 28.5 Å². The second-order valence-electron chi connectivity index (χ2n) is 3.16. The predicted molar refractivity (Wildman–Crippen MR) is 70.2 cm³/mol. The third-order valence-corrected chi connectivity index (χ3v) is 3.74. The Labute approximate surface area is 115 Å². The summed E-state index contributed by atoms with van der Waals surface area (Å²) < 4.78 is 36.4. The van der Waals surface area contributed by atoms with E-state index in [1.54, 1.807) is 18.2 Å². The molecule has 1 aromatic carbocycles. The third kappa shape index (κ3) is 3.54. The number of nitrogens with one attached hydrogen (secondary N) is 1. The van der Waals surface area contributed by atoms with Crippen LogP contribution in [0.2, 0.25) is 0 Å². The Morgan fingerprint density at radius 1 is 1.22 bits per heavy atom. The van der Waals surface area contributed by atoms with Gasteiger partial charge in [-0.2, -0.15) is 0 Å². The zero-order chi connectivity index (χ0) is 13.6. The fraction of sp³-hybridized carbons (Fsp3) is 0.273. The molecule has 0 saturated carbocycles. The fourth-order valence-corrected chi connectivity index (χ4v) is 2.66. The monoisotopic (exact) mass is 333 g/mol. The number of rotatable bonds is 5.